The summed E-state index contributed by atoms with van der Waals surface area (Å²) in [6.45, 7) is 0. The van der Waals surface area contributed by atoms with Gasteiger partial charge < -0.3 is 14.6 Å². The van der Waals surface area contributed by atoms with E-state index < -0.39 is 24.0 Å². The van der Waals surface area contributed by atoms with Gasteiger partial charge in [-0.1, -0.05) is 30.3 Å². The van der Waals surface area contributed by atoms with Crippen LogP contribution in [0.15, 0.2) is 66.7 Å². The van der Waals surface area contributed by atoms with Crippen LogP contribution in [0.2, 0.25) is 0 Å². The Morgan fingerprint density at radius 1 is 0.926 bits per heavy atom. The molecule has 1 heterocycles. The molecule has 1 unspecified atom stereocenters. The standard InChI is InChI=1S/C19H13F4NO3/c20-16-7-4-8-17(24-16)27-15-10-9-12(11-14(15)25)18(19(21,22)23)26-13-5-2-1-3-6-13/h1-11,18,25H. The van der Waals surface area contributed by atoms with Gasteiger partial charge in [0.2, 0.25) is 17.9 Å². The van der Waals surface area contributed by atoms with E-state index in [1.54, 1.807) is 18.2 Å². The van der Waals surface area contributed by atoms with Gasteiger partial charge in [0.1, 0.15) is 5.75 Å². The molecule has 1 N–H and O–H groups in total. The first kappa shape index (κ1) is 18.5. The molecule has 0 bridgehead atoms. The first-order valence-corrected chi connectivity index (χ1v) is 7.74. The highest BCUT2D eigenvalue weighted by atomic mass is 19.4. The third kappa shape index (κ3) is 4.66. The quantitative estimate of drug-likeness (QED) is 0.476. The van der Waals surface area contributed by atoms with Crippen LogP contribution >= 0.6 is 0 Å². The molecule has 8 heteroatoms. The van der Waals surface area contributed by atoms with E-state index in [0.29, 0.717) is 0 Å². The molecule has 1 aromatic heterocycles. The smallest absolute Gasteiger partial charge is 0.429 e. The lowest BCUT2D eigenvalue weighted by Gasteiger charge is -2.22. The van der Waals surface area contributed by atoms with Crippen molar-refractivity contribution in [3.8, 4) is 23.1 Å². The summed E-state index contributed by atoms with van der Waals surface area (Å²) in [7, 11) is 0. The third-order valence-electron chi connectivity index (χ3n) is 3.48. The summed E-state index contributed by atoms with van der Waals surface area (Å²) in [4.78, 5) is 3.46. The van der Waals surface area contributed by atoms with Gasteiger partial charge >= 0.3 is 6.18 Å². The lowest BCUT2D eigenvalue weighted by atomic mass is 10.1. The average Bonchev–Trinajstić information content (AvgIpc) is 2.61. The van der Waals surface area contributed by atoms with Crippen LogP contribution in [0.5, 0.6) is 23.1 Å². The molecule has 140 valence electrons. The highest BCUT2D eigenvalue weighted by molar-refractivity contribution is 5.44. The van der Waals surface area contributed by atoms with Crippen LogP contribution in [0.25, 0.3) is 0 Å². The Labute approximate surface area is 151 Å². The van der Waals surface area contributed by atoms with Crippen molar-refractivity contribution in [1.82, 2.24) is 4.98 Å². The Balaban J connectivity index is 1.87. The van der Waals surface area contributed by atoms with Crippen molar-refractivity contribution in [2.45, 2.75) is 12.3 Å². The number of alkyl halides is 3. The second-order valence-corrected chi connectivity index (χ2v) is 5.48. The number of benzene rings is 2. The minimum absolute atomic E-state index is 0.0311. The summed E-state index contributed by atoms with van der Waals surface area (Å²) < 4.78 is 63.6. The zero-order valence-electron chi connectivity index (χ0n) is 13.7. The summed E-state index contributed by atoms with van der Waals surface area (Å²) in [5.41, 5.74) is -0.316. The van der Waals surface area contributed by atoms with E-state index in [4.69, 9.17) is 9.47 Å². The van der Waals surface area contributed by atoms with Gasteiger partial charge in [-0.25, -0.2) is 0 Å². The number of rotatable bonds is 5. The van der Waals surface area contributed by atoms with E-state index in [2.05, 4.69) is 4.98 Å². The van der Waals surface area contributed by atoms with Gasteiger partial charge in [-0.05, 0) is 30.3 Å². The SMILES string of the molecule is Oc1cc(C(Oc2ccccc2)C(F)(F)F)ccc1Oc1cccc(F)n1. The van der Waals surface area contributed by atoms with Gasteiger partial charge in [-0.3, -0.25) is 0 Å². The Morgan fingerprint density at radius 2 is 1.67 bits per heavy atom. The zero-order chi connectivity index (χ0) is 19.4. The monoisotopic (exact) mass is 379 g/mol. The molecule has 0 aliphatic heterocycles. The van der Waals surface area contributed by atoms with Crippen LogP contribution in [0.3, 0.4) is 0 Å². The number of aromatic nitrogens is 1. The molecular formula is C19H13F4NO3. The number of para-hydroxylation sites is 1. The maximum Gasteiger partial charge on any atom is 0.429 e. The third-order valence-corrected chi connectivity index (χ3v) is 3.48. The maximum atomic E-state index is 13.4. The minimum Gasteiger partial charge on any atom is -0.504 e. The first-order chi connectivity index (χ1) is 12.8. The van der Waals surface area contributed by atoms with E-state index >= 15 is 0 Å². The molecule has 4 nitrogen and oxygen atoms in total. The molecule has 0 saturated heterocycles. The summed E-state index contributed by atoms with van der Waals surface area (Å²) in [6, 6.07) is 14.4. The molecule has 3 rings (SSSR count). The van der Waals surface area contributed by atoms with E-state index in [1.807, 2.05) is 0 Å². The molecule has 0 aliphatic carbocycles. The molecule has 0 radical (unpaired) electrons. The van der Waals surface area contributed by atoms with Crippen molar-refractivity contribution in [2.75, 3.05) is 0 Å². The van der Waals surface area contributed by atoms with Gasteiger partial charge in [-0.2, -0.15) is 22.5 Å². The molecule has 0 spiro atoms. The van der Waals surface area contributed by atoms with Crippen molar-refractivity contribution in [2.24, 2.45) is 0 Å². The lowest BCUT2D eigenvalue weighted by molar-refractivity contribution is -0.198. The lowest BCUT2D eigenvalue weighted by Crippen LogP contribution is -2.26. The fraction of sp³-hybridized carbons (Fsp3) is 0.105. The van der Waals surface area contributed by atoms with Gasteiger partial charge in [0.05, 0.1) is 0 Å². The van der Waals surface area contributed by atoms with Gasteiger partial charge in [0, 0.05) is 11.6 Å². The van der Waals surface area contributed by atoms with Crippen LogP contribution in [-0.2, 0) is 0 Å². The highest BCUT2D eigenvalue weighted by Crippen LogP contribution is 2.40. The molecule has 0 amide bonds. The van der Waals surface area contributed by atoms with Gasteiger partial charge in [0.25, 0.3) is 0 Å². The fourth-order valence-electron chi connectivity index (χ4n) is 2.30. The average molecular weight is 379 g/mol. The first-order valence-electron chi connectivity index (χ1n) is 7.74. The number of halogens is 4. The fourth-order valence-corrected chi connectivity index (χ4v) is 2.30. The number of ether oxygens (including phenoxy) is 2. The maximum absolute atomic E-state index is 13.4. The van der Waals surface area contributed by atoms with E-state index in [9.17, 15) is 22.7 Å². The van der Waals surface area contributed by atoms with E-state index in [-0.39, 0.29) is 22.9 Å². The Morgan fingerprint density at radius 3 is 2.30 bits per heavy atom. The van der Waals surface area contributed by atoms with Gasteiger partial charge in [-0.15, -0.1) is 0 Å². The molecule has 0 fully saturated rings. The predicted molar refractivity (Wildman–Crippen MR) is 88.2 cm³/mol. The number of phenols is 1. The second-order valence-electron chi connectivity index (χ2n) is 5.48. The summed E-state index contributed by atoms with van der Waals surface area (Å²) in [5, 5.41) is 10.0. The molecule has 3 aromatic rings. The van der Waals surface area contributed by atoms with E-state index in [0.717, 1.165) is 24.3 Å². The Hall–Kier alpha value is -3.29. The van der Waals surface area contributed by atoms with Crippen molar-refractivity contribution in [1.29, 1.82) is 0 Å². The van der Waals surface area contributed by atoms with Crippen LogP contribution in [-0.4, -0.2) is 16.3 Å². The summed E-state index contributed by atoms with van der Waals surface area (Å²) in [5.74, 6) is -1.64. The predicted octanol–water partition coefficient (Wildman–Crippen LogP) is 5.40. The normalized spacial score (nSPS) is 12.4. The molecule has 0 aliphatic rings. The largest absolute Gasteiger partial charge is 0.504 e. The Bertz CT molecular complexity index is 916. The van der Waals surface area contributed by atoms with Gasteiger partial charge in [0.15, 0.2) is 11.5 Å². The molecular weight excluding hydrogens is 366 g/mol. The number of pyridine rings is 1. The van der Waals surface area contributed by atoms with Crippen molar-refractivity contribution < 1.29 is 32.1 Å². The van der Waals surface area contributed by atoms with Crippen molar-refractivity contribution in [3.63, 3.8) is 0 Å². The molecule has 27 heavy (non-hydrogen) atoms. The van der Waals surface area contributed by atoms with E-state index in [1.165, 1.54) is 24.3 Å². The number of aromatic hydroxyl groups is 1. The van der Waals surface area contributed by atoms with Crippen LogP contribution in [0.1, 0.15) is 11.7 Å². The number of phenolic OH excluding ortho intramolecular Hbond substituents is 1. The topological polar surface area (TPSA) is 51.6 Å². The molecule has 2 aromatic carbocycles. The van der Waals surface area contributed by atoms with Crippen LogP contribution in [0, 0.1) is 5.95 Å². The molecule has 1 atom stereocenters. The van der Waals surface area contributed by atoms with Crippen LogP contribution < -0.4 is 9.47 Å². The number of hydrogen-bond donors (Lipinski definition) is 1. The number of nitrogens with zero attached hydrogens (tertiary/aromatic N) is 1. The summed E-state index contributed by atoms with van der Waals surface area (Å²) in [6.07, 6.45) is -7.00. The van der Waals surface area contributed by atoms with Crippen molar-refractivity contribution in [3.05, 3.63) is 78.2 Å². The van der Waals surface area contributed by atoms with Crippen LogP contribution in [0.4, 0.5) is 17.6 Å². The van der Waals surface area contributed by atoms with Crippen molar-refractivity contribution >= 4 is 0 Å². The summed E-state index contributed by atoms with van der Waals surface area (Å²) >= 11 is 0. The second kappa shape index (κ2) is 7.53. The minimum atomic E-state index is -4.71. The molecule has 0 saturated carbocycles. The zero-order valence-corrected chi connectivity index (χ0v) is 13.7. The Kier molecular flexibility index (Phi) is 5.16. The highest BCUT2D eigenvalue weighted by Gasteiger charge is 2.43. The number of hydrogen-bond acceptors (Lipinski definition) is 4.